The largest absolute Gasteiger partial charge is 0.488 e. The minimum atomic E-state index is -0.251. The van der Waals surface area contributed by atoms with Crippen LogP contribution in [0, 0.1) is 5.82 Å². The number of ether oxygens (including phenoxy) is 1. The minimum absolute atomic E-state index is 0.177. The maximum absolute atomic E-state index is 13.1. The fourth-order valence-corrected chi connectivity index (χ4v) is 2.56. The molecule has 2 aromatic rings. The second-order valence-corrected chi connectivity index (χ2v) is 5.91. The minimum Gasteiger partial charge on any atom is -0.488 e. The molecule has 0 aliphatic heterocycles. The first-order chi connectivity index (χ1) is 10.1. The molecule has 1 unspecified atom stereocenters. The molecule has 0 aliphatic rings. The average molecular weight is 352 g/mol. The number of nitrogens with two attached hydrogens (primary N) is 1. The van der Waals surface area contributed by atoms with Gasteiger partial charge in [-0.25, -0.2) is 4.39 Å². The van der Waals surface area contributed by atoms with Crippen molar-refractivity contribution in [3.05, 3.63) is 63.9 Å². The Morgan fingerprint density at radius 2 is 2.00 bits per heavy atom. The van der Waals surface area contributed by atoms with Gasteiger partial charge in [0, 0.05) is 6.04 Å². The quantitative estimate of drug-likeness (QED) is 0.834. The zero-order valence-corrected chi connectivity index (χ0v) is 13.6. The Bertz CT molecular complexity index is 603. The fourth-order valence-electron chi connectivity index (χ4n) is 2.02. The van der Waals surface area contributed by atoms with Crippen LogP contribution in [0.1, 0.15) is 24.5 Å². The van der Waals surface area contributed by atoms with Gasteiger partial charge in [-0.05, 0) is 64.2 Å². The number of rotatable bonds is 6. The maximum Gasteiger partial charge on any atom is 0.134 e. The summed E-state index contributed by atoms with van der Waals surface area (Å²) in [5.74, 6) is 0.493. The Morgan fingerprint density at radius 1 is 1.19 bits per heavy atom. The summed E-state index contributed by atoms with van der Waals surface area (Å²) in [6, 6.07) is 12.5. The highest BCUT2D eigenvalue weighted by Gasteiger charge is 2.06. The van der Waals surface area contributed by atoms with Crippen molar-refractivity contribution in [1.29, 1.82) is 0 Å². The van der Waals surface area contributed by atoms with Crippen LogP contribution in [0.5, 0.6) is 5.75 Å². The van der Waals surface area contributed by atoms with Gasteiger partial charge < -0.3 is 10.5 Å². The molecule has 0 radical (unpaired) electrons. The molecule has 2 nitrogen and oxygen atoms in total. The molecule has 0 saturated carbocycles. The number of hydrogen-bond acceptors (Lipinski definition) is 2. The lowest BCUT2D eigenvalue weighted by molar-refractivity contribution is 0.303. The Hall–Kier alpha value is -1.39. The normalized spacial score (nSPS) is 12.2. The van der Waals surface area contributed by atoms with Crippen LogP contribution in [-0.4, -0.2) is 6.04 Å². The Morgan fingerprint density at radius 3 is 2.67 bits per heavy atom. The van der Waals surface area contributed by atoms with E-state index in [1.165, 1.54) is 17.7 Å². The summed E-state index contributed by atoms with van der Waals surface area (Å²) >= 11 is 3.51. The van der Waals surface area contributed by atoms with Gasteiger partial charge in [0.1, 0.15) is 18.2 Å². The van der Waals surface area contributed by atoms with E-state index in [1.807, 2.05) is 24.3 Å². The third-order valence-corrected chi connectivity index (χ3v) is 3.92. The third-order valence-electron chi connectivity index (χ3n) is 3.30. The smallest absolute Gasteiger partial charge is 0.134 e. The van der Waals surface area contributed by atoms with E-state index in [0.717, 1.165) is 28.6 Å². The summed E-state index contributed by atoms with van der Waals surface area (Å²) in [6.07, 6.45) is 1.80. The molecule has 0 amide bonds. The van der Waals surface area contributed by atoms with E-state index in [0.29, 0.717) is 6.61 Å². The average Bonchev–Trinajstić information content (AvgIpc) is 2.46. The lowest BCUT2D eigenvalue weighted by Gasteiger charge is -2.12. The van der Waals surface area contributed by atoms with Crippen LogP contribution in [-0.2, 0) is 13.0 Å². The van der Waals surface area contributed by atoms with E-state index >= 15 is 0 Å². The van der Waals surface area contributed by atoms with E-state index in [9.17, 15) is 4.39 Å². The molecule has 0 aliphatic carbocycles. The monoisotopic (exact) mass is 351 g/mol. The van der Waals surface area contributed by atoms with Crippen LogP contribution >= 0.6 is 15.9 Å². The molecular formula is C17H19BrFNO. The predicted molar refractivity (Wildman–Crippen MR) is 86.8 cm³/mol. The first-order valence-corrected chi connectivity index (χ1v) is 7.79. The van der Waals surface area contributed by atoms with Crippen LogP contribution in [0.2, 0.25) is 0 Å². The van der Waals surface area contributed by atoms with Crippen molar-refractivity contribution in [2.75, 3.05) is 0 Å². The Labute approximate surface area is 133 Å². The molecule has 2 N–H and O–H groups in total. The number of hydrogen-bond donors (Lipinski definition) is 1. The van der Waals surface area contributed by atoms with Gasteiger partial charge in [0.25, 0.3) is 0 Å². The van der Waals surface area contributed by atoms with Gasteiger partial charge in [0.2, 0.25) is 0 Å². The molecule has 2 rings (SSSR count). The zero-order chi connectivity index (χ0) is 15.2. The van der Waals surface area contributed by atoms with Crippen molar-refractivity contribution in [3.8, 4) is 5.75 Å². The van der Waals surface area contributed by atoms with E-state index in [2.05, 4.69) is 22.9 Å². The van der Waals surface area contributed by atoms with Crippen molar-refractivity contribution < 1.29 is 9.13 Å². The molecule has 1 atom stereocenters. The van der Waals surface area contributed by atoms with Gasteiger partial charge >= 0.3 is 0 Å². The van der Waals surface area contributed by atoms with Crippen molar-refractivity contribution in [1.82, 2.24) is 0 Å². The van der Waals surface area contributed by atoms with Gasteiger partial charge in [-0.1, -0.05) is 25.1 Å². The first-order valence-electron chi connectivity index (χ1n) is 6.99. The lowest BCUT2D eigenvalue weighted by atomic mass is 10.0. The summed E-state index contributed by atoms with van der Waals surface area (Å²) in [5.41, 5.74) is 7.94. The molecular weight excluding hydrogens is 333 g/mol. The topological polar surface area (TPSA) is 35.2 Å². The standard InChI is InChI=1S/C17H19BrFNO/c1-2-15(20)9-12-6-7-17(16(18)10-12)21-11-13-4-3-5-14(19)8-13/h3-8,10,15H,2,9,11,20H2,1H3. The van der Waals surface area contributed by atoms with E-state index in [-0.39, 0.29) is 11.9 Å². The molecule has 0 bridgehead atoms. The van der Waals surface area contributed by atoms with Crippen molar-refractivity contribution in [3.63, 3.8) is 0 Å². The SMILES string of the molecule is CCC(N)Cc1ccc(OCc2cccc(F)c2)c(Br)c1. The zero-order valence-electron chi connectivity index (χ0n) is 12.0. The molecule has 2 aromatic carbocycles. The van der Waals surface area contributed by atoms with Crippen LogP contribution < -0.4 is 10.5 Å². The first kappa shape index (κ1) is 16.0. The highest BCUT2D eigenvalue weighted by atomic mass is 79.9. The second-order valence-electron chi connectivity index (χ2n) is 5.06. The van der Waals surface area contributed by atoms with Crippen LogP contribution in [0.15, 0.2) is 46.9 Å². The van der Waals surface area contributed by atoms with Crippen molar-refractivity contribution in [2.24, 2.45) is 5.73 Å². The maximum atomic E-state index is 13.1. The summed E-state index contributed by atoms with van der Waals surface area (Å²) in [4.78, 5) is 0. The van der Waals surface area contributed by atoms with Gasteiger partial charge in [-0.2, -0.15) is 0 Å². The summed E-state index contributed by atoms with van der Waals surface area (Å²) in [6.45, 7) is 2.42. The van der Waals surface area contributed by atoms with Crippen LogP contribution in [0.3, 0.4) is 0 Å². The molecule has 0 heterocycles. The molecule has 0 fully saturated rings. The van der Waals surface area contributed by atoms with Crippen molar-refractivity contribution in [2.45, 2.75) is 32.4 Å². The highest BCUT2D eigenvalue weighted by Crippen LogP contribution is 2.27. The fraction of sp³-hybridized carbons (Fsp3) is 0.294. The second kappa shape index (κ2) is 7.57. The Kier molecular flexibility index (Phi) is 5.76. The third kappa shape index (κ3) is 4.83. The molecule has 0 aromatic heterocycles. The Balaban J connectivity index is 2.01. The summed E-state index contributed by atoms with van der Waals surface area (Å²) in [5, 5.41) is 0. The molecule has 0 spiro atoms. The van der Waals surface area contributed by atoms with E-state index in [4.69, 9.17) is 10.5 Å². The number of halogens is 2. The van der Waals surface area contributed by atoms with Crippen LogP contribution in [0.4, 0.5) is 4.39 Å². The number of benzene rings is 2. The highest BCUT2D eigenvalue weighted by molar-refractivity contribution is 9.10. The molecule has 112 valence electrons. The molecule has 21 heavy (non-hydrogen) atoms. The lowest BCUT2D eigenvalue weighted by Crippen LogP contribution is -2.21. The van der Waals surface area contributed by atoms with Gasteiger partial charge in [0.05, 0.1) is 4.47 Å². The van der Waals surface area contributed by atoms with E-state index in [1.54, 1.807) is 6.07 Å². The molecule has 4 heteroatoms. The van der Waals surface area contributed by atoms with Crippen molar-refractivity contribution >= 4 is 15.9 Å². The summed E-state index contributed by atoms with van der Waals surface area (Å²) < 4.78 is 19.7. The van der Waals surface area contributed by atoms with Gasteiger partial charge in [-0.15, -0.1) is 0 Å². The van der Waals surface area contributed by atoms with Gasteiger partial charge in [-0.3, -0.25) is 0 Å². The van der Waals surface area contributed by atoms with Gasteiger partial charge in [0.15, 0.2) is 0 Å². The van der Waals surface area contributed by atoms with E-state index < -0.39 is 0 Å². The molecule has 0 saturated heterocycles. The van der Waals surface area contributed by atoms with Crippen LogP contribution in [0.25, 0.3) is 0 Å². The predicted octanol–water partition coefficient (Wildman–Crippen LogP) is 4.45. The summed E-state index contributed by atoms with van der Waals surface area (Å²) in [7, 11) is 0.